The maximum atomic E-state index is 13.3. The fraction of sp³-hybridized carbons (Fsp3) is 0.286. The van der Waals surface area contributed by atoms with Crippen LogP contribution in [0, 0.1) is 13.8 Å². The quantitative estimate of drug-likeness (QED) is 0.382. The van der Waals surface area contributed by atoms with Gasteiger partial charge in [0.25, 0.3) is 0 Å². The molecule has 0 radical (unpaired) electrons. The van der Waals surface area contributed by atoms with Crippen molar-refractivity contribution in [2.75, 3.05) is 31.1 Å². The Morgan fingerprint density at radius 2 is 1.52 bits per heavy atom. The van der Waals surface area contributed by atoms with Crippen molar-refractivity contribution in [3.8, 4) is 0 Å². The van der Waals surface area contributed by atoms with Gasteiger partial charge in [0.1, 0.15) is 0 Å². The molecule has 0 N–H and O–H groups in total. The molecule has 1 saturated heterocycles. The first-order valence-electron chi connectivity index (χ1n) is 11.6. The Morgan fingerprint density at radius 3 is 2.12 bits per heavy atom. The molecule has 0 bridgehead atoms. The van der Waals surface area contributed by atoms with Gasteiger partial charge in [-0.15, -0.1) is 0 Å². The highest BCUT2D eigenvalue weighted by atomic mass is 32.1. The molecule has 3 aromatic carbocycles. The standard InChI is InChI=1S/C28H29N3OS/c1-20-17-21(2)27-25(18-20)29-28(33-27)31-15-13-30(14-16-31)26(32)19-24(22-9-5-3-6-10-22)23-11-7-4-8-12-23/h3-12,17-18,24H,13-16,19H2,1-2H3. The van der Waals surface area contributed by atoms with Crippen LogP contribution in [-0.2, 0) is 4.79 Å². The van der Waals surface area contributed by atoms with Gasteiger partial charge in [0, 0.05) is 38.5 Å². The summed E-state index contributed by atoms with van der Waals surface area (Å²) in [6, 6.07) is 25.1. The van der Waals surface area contributed by atoms with E-state index in [-0.39, 0.29) is 11.8 Å². The number of thiazole rings is 1. The second kappa shape index (κ2) is 9.36. The summed E-state index contributed by atoms with van der Waals surface area (Å²) >= 11 is 1.77. The molecule has 1 amide bonds. The van der Waals surface area contributed by atoms with E-state index in [2.05, 4.69) is 79.4 Å². The van der Waals surface area contributed by atoms with Crippen molar-refractivity contribution in [3.63, 3.8) is 0 Å². The Bertz CT molecular complexity index is 1200. The van der Waals surface area contributed by atoms with Gasteiger partial charge in [0.15, 0.2) is 5.13 Å². The maximum absolute atomic E-state index is 13.3. The summed E-state index contributed by atoms with van der Waals surface area (Å²) in [7, 11) is 0. The lowest BCUT2D eigenvalue weighted by Crippen LogP contribution is -2.49. The minimum absolute atomic E-state index is 0.0772. The number of benzene rings is 3. The number of hydrogen-bond donors (Lipinski definition) is 0. The third-order valence-electron chi connectivity index (χ3n) is 6.49. The van der Waals surface area contributed by atoms with Crippen molar-refractivity contribution in [2.24, 2.45) is 0 Å². The summed E-state index contributed by atoms with van der Waals surface area (Å²) in [5, 5.41) is 1.07. The number of piperazine rings is 1. The molecule has 0 spiro atoms. The zero-order chi connectivity index (χ0) is 22.8. The molecule has 0 aliphatic carbocycles. The molecule has 2 heterocycles. The number of anilines is 1. The van der Waals surface area contributed by atoms with Crippen LogP contribution in [0.1, 0.15) is 34.6 Å². The van der Waals surface area contributed by atoms with Crippen LogP contribution in [-0.4, -0.2) is 42.0 Å². The molecule has 4 aromatic rings. The van der Waals surface area contributed by atoms with Crippen molar-refractivity contribution >= 4 is 32.6 Å². The summed E-state index contributed by atoms with van der Waals surface area (Å²) in [5.74, 6) is 0.302. The maximum Gasteiger partial charge on any atom is 0.223 e. The monoisotopic (exact) mass is 455 g/mol. The molecule has 0 atom stereocenters. The third kappa shape index (κ3) is 4.64. The number of amides is 1. The zero-order valence-electron chi connectivity index (χ0n) is 19.2. The largest absolute Gasteiger partial charge is 0.345 e. The number of carbonyl (C=O) groups is 1. The van der Waals surface area contributed by atoms with Crippen LogP contribution in [0.15, 0.2) is 72.8 Å². The predicted molar refractivity (Wildman–Crippen MR) is 137 cm³/mol. The fourth-order valence-corrected chi connectivity index (χ4v) is 5.82. The molecule has 1 aliphatic rings. The van der Waals surface area contributed by atoms with E-state index >= 15 is 0 Å². The first kappa shape index (κ1) is 21.7. The Hall–Kier alpha value is -3.18. The van der Waals surface area contributed by atoms with Crippen molar-refractivity contribution in [3.05, 3.63) is 95.1 Å². The van der Waals surface area contributed by atoms with Crippen LogP contribution in [0.4, 0.5) is 5.13 Å². The number of aromatic nitrogens is 1. The molecule has 1 fully saturated rings. The van der Waals surface area contributed by atoms with Crippen LogP contribution >= 0.6 is 11.3 Å². The van der Waals surface area contributed by atoms with E-state index in [1.807, 2.05) is 17.0 Å². The van der Waals surface area contributed by atoms with E-state index in [0.29, 0.717) is 6.42 Å². The summed E-state index contributed by atoms with van der Waals surface area (Å²) in [5.41, 5.74) is 6.00. The zero-order valence-corrected chi connectivity index (χ0v) is 20.0. The molecule has 1 aliphatic heterocycles. The normalized spacial score (nSPS) is 14.3. The second-order valence-corrected chi connectivity index (χ2v) is 9.85. The number of fused-ring (bicyclic) bond motifs is 1. The lowest BCUT2D eigenvalue weighted by molar-refractivity contribution is -0.131. The average molecular weight is 456 g/mol. The number of carbonyl (C=O) groups excluding carboxylic acids is 1. The summed E-state index contributed by atoms with van der Waals surface area (Å²) in [6.45, 7) is 7.40. The van der Waals surface area contributed by atoms with Crippen LogP contribution in [0.3, 0.4) is 0 Å². The summed E-state index contributed by atoms with van der Waals surface area (Å²) in [6.07, 6.45) is 0.494. The Kier molecular flexibility index (Phi) is 6.14. The average Bonchev–Trinajstić information content (AvgIpc) is 3.28. The van der Waals surface area contributed by atoms with Crippen molar-refractivity contribution in [1.82, 2.24) is 9.88 Å². The molecule has 1 aromatic heterocycles. The Morgan fingerprint density at radius 1 is 0.909 bits per heavy atom. The SMILES string of the molecule is Cc1cc(C)c2sc(N3CCN(C(=O)CC(c4ccccc4)c4ccccc4)CC3)nc2c1. The molecule has 0 saturated carbocycles. The van der Waals surface area contributed by atoms with Gasteiger partial charge < -0.3 is 9.80 Å². The smallest absolute Gasteiger partial charge is 0.223 e. The highest BCUT2D eigenvalue weighted by Crippen LogP contribution is 2.33. The fourth-order valence-electron chi connectivity index (χ4n) is 4.75. The van der Waals surface area contributed by atoms with Gasteiger partial charge in [-0.25, -0.2) is 4.98 Å². The van der Waals surface area contributed by atoms with Gasteiger partial charge in [-0.1, -0.05) is 78.1 Å². The van der Waals surface area contributed by atoms with E-state index in [1.54, 1.807) is 11.3 Å². The van der Waals surface area contributed by atoms with Gasteiger partial charge >= 0.3 is 0 Å². The number of hydrogen-bond acceptors (Lipinski definition) is 4. The Labute approximate surface area is 199 Å². The lowest BCUT2D eigenvalue weighted by atomic mass is 9.88. The highest BCUT2D eigenvalue weighted by Gasteiger charge is 2.26. The van der Waals surface area contributed by atoms with Crippen LogP contribution < -0.4 is 4.90 Å². The highest BCUT2D eigenvalue weighted by molar-refractivity contribution is 7.22. The van der Waals surface area contributed by atoms with Gasteiger partial charge in [-0.2, -0.15) is 0 Å². The first-order valence-corrected chi connectivity index (χ1v) is 12.4. The number of aryl methyl sites for hydroxylation is 2. The van der Waals surface area contributed by atoms with Crippen LogP contribution in [0.2, 0.25) is 0 Å². The minimum atomic E-state index is 0.0772. The molecule has 5 heteroatoms. The van der Waals surface area contributed by atoms with Crippen LogP contribution in [0.5, 0.6) is 0 Å². The Balaban J connectivity index is 1.28. The number of rotatable bonds is 5. The van der Waals surface area contributed by atoms with Crippen molar-refractivity contribution in [1.29, 1.82) is 0 Å². The third-order valence-corrected chi connectivity index (χ3v) is 7.76. The molecule has 33 heavy (non-hydrogen) atoms. The topological polar surface area (TPSA) is 36.4 Å². The molecule has 4 nitrogen and oxygen atoms in total. The van der Waals surface area contributed by atoms with Crippen LogP contribution in [0.25, 0.3) is 10.2 Å². The van der Waals surface area contributed by atoms with Gasteiger partial charge in [-0.05, 0) is 42.2 Å². The van der Waals surface area contributed by atoms with Gasteiger partial charge in [0.2, 0.25) is 5.91 Å². The molecular weight excluding hydrogens is 426 g/mol. The van der Waals surface area contributed by atoms with E-state index in [0.717, 1.165) is 36.8 Å². The second-order valence-electron chi connectivity index (χ2n) is 8.87. The van der Waals surface area contributed by atoms with Gasteiger partial charge in [0.05, 0.1) is 10.2 Å². The molecule has 5 rings (SSSR count). The molecular formula is C28H29N3OS. The van der Waals surface area contributed by atoms with E-state index < -0.39 is 0 Å². The van der Waals surface area contributed by atoms with E-state index in [4.69, 9.17) is 4.98 Å². The predicted octanol–water partition coefficient (Wildman–Crippen LogP) is 5.78. The van der Waals surface area contributed by atoms with Crippen molar-refractivity contribution < 1.29 is 4.79 Å². The molecule has 168 valence electrons. The summed E-state index contributed by atoms with van der Waals surface area (Å²) < 4.78 is 1.27. The number of nitrogens with zero attached hydrogens (tertiary/aromatic N) is 3. The minimum Gasteiger partial charge on any atom is -0.345 e. The first-order chi connectivity index (χ1) is 16.1. The van der Waals surface area contributed by atoms with Gasteiger partial charge in [-0.3, -0.25) is 4.79 Å². The van der Waals surface area contributed by atoms with Crippen molar-refractivity contribution in [2.45, 2.75) is 26.2 Å². The summed E-state index contributed by atoms with van der Waals surface area (Å²) in [4.78, 5) is 22.6. The van der Waals surface area contributed by atoms with E-state index in [9.17, 15) is 4.79 Å². The van der Waals surface area contributed by atoms with E-state index in [1.165, 1.54) is 27.0 Å². The lowest BCUT2D eigenvalue weighted by Gasteiger charge is -2.35. The molecule has 0 unspecified atom stereocenters.